The number of halogens is 5. The minimum absolute atomic E-state index is 0.204. The van der Waals surface area contributed by atoms with E-state index in [0.29, 0.717) is 4.47 Å². The van der Waals surface area contributed by atoms with Crippen LogP contribution >= 0.6 is 27.5 Å². The van der Waals surface area contributed by atoms with E-state index in [1.807, 2.05) is 0 Å². The predicted octanol–water partition coefficient (Wildman–Crippen LogP) is 4.01. The number of carboxylic acids is 1. The first-order chi connectivity index (χ1) is 9.23. The summed E-state index contributed by atoms with van der Waals surface area (Å²) in [5, 5.41) is 11.6. The van der Waals surface area contributed by atoms with Crippen molar-refractivity contribution < 1.29 is 23.1 Å². The smallest absolute Gasteiger partial charge is 0.436 e. The van der Waals surface area contributed by atoms with Gasteiger partial charge in [0.1, 0.15) is 10.7 Å². The molecule has 0 saturated carbocycles. The minimum atomic E-state index is -4.91. The van der Waals surface area contributed by atoms with Crippen LogP contribution in [-0.2, 0) is 6.18 Å². The Morgan fingerprint density at radius 1 is 1.35 bits per heavy atom. The average Bonchev–Trinajstić information content (AvgIpc) is 2.67. The van der Waals surface area contributed by atoms with E-state index in [4.69, 9.17) is 16.7 Å². The fourth-order valence-corrected chi connectivity index (χ4v) is 2.32. The van der Waals surface area contributed by atoms with Gasteiger partial charge in [-0.15, -0.1) is 0 Å². The molecule has 0 amide bonds. The summed E-state index contributed by atoms with van der Waals surface area (Å²) in [5.41, 5.74) is -2.41. The van der Waals surface area contributed by atoms with E-state index in [1.165, 1.54) is 6.07 Å². The molecule has 20 heavy (non-hydrogen) atoms. The van der Waals surface area contributed by atoms with Gasteiger partial charge in [0, 0.05) is 4.47 Å². The fraction of sp³-hybridized carbons (Fsp3) is 0.0909. The molecule has 1 aromatic carbocycles. The van der Waals surface area contributed by atoms with Crippen LogP contribution in [0.4, 0.5) is 13.2 Å². The molecular weight excluding hydrogens is 364 g/mol. The van der Waals surface area contributed by atoms with Crippen molar-refractivity contribution >= 4 is 33.5 Å². The molecular formula is C11H5BrClF3N2O2. The molecule has 0 aliphatic carbocycles. The third kappa shape index (κ3) is 2.53. The maximum atomic E-state index is 12.8. The van der Waals surface area contributed by atoms with Gasteiger partial charge in [0.2, 0.25) is 0 Å². The van der Waals surface area contributed by atoms with Crippen molar-refractivity contribution in [2.45, 2.75) is 6.18 Å². The molecule has 0 bridgehead atoms. The first-order valence-electron chi connectivity index (χ1n) is 5.07. The number of rotatable bonds is 2. The van der Waals surface area contributed by atoms with E-state index in [0.717, 1.165) is 4.68 Å². The van der Waals surface area contributed by atoms with Gasteiger partial charge in [-0.1, -0.05) is 23.7 Å². The molecule has 2 aromatic rings. The highest BCUT2D eigenvalue weighted by Crippen LogP contribution is 2.36. The van der Waals surface area contributed by atoms with Crippen molar-refractivity contribution in [2.24, 2.45) is 0 Å². The lowest BCUT2D eigenvalue weighted by atomic mass is 10.2. The standard InChI is InChI=1S/C11H5BrClF3N2O2/c12-5-3-1-2-4-6(5)18-9(13)7(10(19)20)8(17-18)11(14,15)16/h1-4H,(H,19,20). The highest BCUT2D eigenvalue weighted by molar-refractivity contribution is 9.10. The van der Waals surface area contributed by atoms with Crippen molar-refractivity contribution in [1.82, 2.24) is 9.78 Å². The van der Waals surface area contributed by atoms with Crippen LogP contribution in [0.3, 0.4) is 0 Å². The monoisotopic (exact) mass is 368 g/mol. The fourth-order valence-electron chi connectivity index (χ4n) is 1.57. The lowest BCUT2D eigenvalue weighted by molar-refractivity contribution is -0.141. The number of carbonyl (C=O) groups is 1. The minimum Gasteiger partial charge on any atom is -0.478 e. The van der Waals surface area contributed by atoms with E-state index >= 15 is 0 Å². The summed E-state index contributed by atoms with van der Waals surface area (Å²) in [6.07, 6.45) is -4.91. The molecule has 1 aromatic heterocycles. The van der Waals surface area contributed by atoms with Crippen LogP contribution in [-0.4, -0.2) is 20.9 Å². The van der Waals surface area contributed by atoms with Crippen LogP contribution in [0.2, 0.25) is 5.15 Å². The van der Waals surface area contributed by atoms with Crippen LogP contribution in [0, 0.1) is 0 Å². The molecule has 0 fully saturated rings. The van der Waals surface area contributed by atoms with Gasteiger partial charge in [-0.05, 0) is 28.1 Å². The van der Waals surface area contributed by atoms with Crippen molar-refractivity contribution in [1.29, 1.82) is 0 Å². The summed E-state index contributed by atoms with van der Waals surface area (Å²) >= 11 is 8.88. The van der Waals surface area contributed by atoms with Crippen LogP contribution < -0.4 is 0 Å². The first kappa shape index (κ1) is 14.9. The molecule has 0 aliphatic rings. The molecule has 106 valence electrons. The summed E-state index contributed by atoms with van der Waals surface area (Å²) in [4.78, 5) is 11.0. The zero-order valence-electron chi connectivity index (χ0n) is 9.45. The number of alkyl halides is 3. The third-order valence-electron chi connectivity index (χ3n) is 2.39. The van der Waals surface area contributed by atoms with E-state index < -0.39 is 28.6 Å². The summed E-state index contributed by atoms with van der Waals surface area (Å²) in [5.74, 6) is -1.79. The maximum Gasteiger partial charge on any atom is 0.436 e. The molecule has 0 spiro atoms. The topological polar surface area (TPSA) is 55.1 Å². The molecule has 2 rings (SSSR count). The molecule has 1 heterocycles. The summed E-state index contributed by atoms with van der Waals surface area (Å²) in [7, 11) is 0. The Balaban J connectivity index is 2.75. The number of hydrogen-bond donors (Lipinski definition) is 1. The molecule has 1 N–H and O–H groups in total. The summed E-state index contributed by atoms with van der Waals surface area (Å²) < 4.78 is 39.6. The zero-order chi connectivity index (χ0) is 15.1. The quantitative estimate of drug-likeness (QED) is 0.870. The molecule has 0 unspecified atom stereocenters. The SMILES string of the molecule is O=C(O)c1c(C(F)(F)F)nn(-c2ccccc2Br)c1Cl. The Kier molecular flexibility index (Phi) is 3.79. The van der Waals surface area contributed by atoms with Crippen molar-refractivity contribution in [2.75, 3.05) is 0 Å². The largest absolute Gasteiger partial charge is 0.478 e. The van der Waals surface area contributed by atoms with Crippen LogP contribution in [0.25, 0.3) is 5.69 Å². The lowest BCUT2D eigenvalue weighted by Gasteiger charge is -2.05. The molecule has 9 heteroatoms. The number of hydrogen-bond acceptors (Lipinski definition) is 2. The normalized spacial score (nSPS) is 11.7. The van der Waals surface area contributed by atoms with Gasteiger partial charge in [0.15, 0.2) is 5.69 Å². The second kappa shape index (κ2) is 5.10. The van der Waals surface area contributed by atoms with Crippen LogP contribution in [0.5, 0.6) is 0 Å². The van der Waals surface area contributed by atoms with E-state index in [9.17, 15) is 18.0 Å². The van der Waals surface area contributed by atoms with Gasteiger partial charge in [0.25, 0.3) is 0 Å². The van der Waals surface area contributed by atoms with E-state index in [2.05, 4.69) is 21.0 Å². The number of aromatic nitrogens is 2. The van der Waals surface area contributed by atoms with Gasteiger partial charge in [-0.3, -0.25) is 0 Å². The Morgan fingerprint density at radius 2 is 1.95 bits per heavy atom. The van der Waals surface area contributed by atoms with E-state index in [1.54, 1.807) is 18.2 Å². The molecule has 0 radical (unpaired) electrons. The van der Waals surface area contributed by atoms with Gasteiger partial charge in [-0.2, -0.15) is 18.3 Å². The number of para-hydroxylation sites is 1. The van der Waals surface area contributed by atoms with Crippen LogP contribution in [0.15, 0.2) is 28.7 Å². The molecule has 0 atom stereocenters. The first-order valence-corrected chi connectivity index (χ1v) is 6.24. The van der Waals surface area contributed by atoms with Crippen molar-refractivity contribution in [3.8, 4) is 5.69 Å². The Morgan fingerprint density at radius 3 is 2.40 bits per heavy atom. The predicted molar refractivity (Wildman–Crippen MR) is 68.2 cm³/mol. The highest BCUT2D eigenvalue weighted by Gasteiger charge is 2.41. The maximum absolute atomic E-state index is 12.8. The molecule has 0 saturated heterocycles. The molecule has 4 nitrogen and oxygen atoms in total. The molecule has 0 aliphatic heterocycles. The van der Waals surface area contributed by atoms with Gasteiger partial charge in [0.05, 0.1) is 5.69 Å². The highest BCUT2D eigenvalue weighted by atomic mass is 79.9. The lowest BCUT2D eigenvalue weighted by Crippen LogP contribution is -2.12. The Bertz CT molecular complexity index is 685. The number of carboxylic acid groups (broad SMARTS) is 1. The second-order valence-electron chi connectivity index (χ2n) is 3.68. The second-order valence-corrected chi connectivity index (χ2v) is 4.89. The number of benzene rings is 1. The van der Waals surface area contributed by atoms with Crippen molar-refractivity contribution in [3.63, 3.8) is 0 Å². The van der Waals surface area contributed by atoms with Gasteiger partial charge in [-0.25, -0.2) is 9.48 Å². The van der Waals surface area contributed by atoms with Gasteiger partial charge < -0.3 is 5.11 Å². The third-order valence-corrected chi connectivity index (χ3v) is 3.41. The Labute approximate surface area is 123 Å². The van der Waals surface area contributed by atoms with E-state index in [-0.39, 0.29) is 5.69 Å². The zero-order valence-corrected chi connectivity index (χ0v) is 11.8. The van der Waals surface area contributed by atoms with Crippen LogP contribution in [0.1, 0.15) is 16.1 Å². The van der Waals surface area contributed by atoms with Crippen molar-refractivity contribution in [3.05, 3.63) is 45.1 Å². The van der Waals surface area contributed by atoms with Gasteiger partial charge >= 0.3 is 12.1 Å². The number of nitrogens with zero attached hydrogens (tertiary/aromatic N) is 2. The number of aromatic carboxylic acids is 1. The average molecular weight is 370 g/mol. The summed E-state index contributed by atoms with van der Waals surface area (Å²) in [6.45, 7) is 0. The Hall–Kier alpha value is -1.54. The summed E-state index contributed by atoms with van der Waals surface area (Å²) in [6, 6.07) is 6.23.